The second-order valence-corrected chi connectivity index (χ2v) is 10.4. The number of anilines is 2. The van der Waals surface area contributed by atoms with Crippen LogP contribution in [-0.4, -0.2) is 36.0 Å². The molecule has 0 fully saturated rings. The molecule has 10 heteroatoms. The van der Waals surface area contributed by atoms with Crippen LogP contribution in [0.25, 0.3) is 5.69 Å². The van der Waals surface area contributed by atoms with Gasteiger partial charge in [0.1, 0.15) is 23.2 Å². The van der Waals surface area contributed by atoms with Crippen molar-refractivity contribution in [1.82, 2.24) is 9.36 Å². The fourth-order valence-electron chi connectivity index (χ4n) is 4.03. The number of aromatic nitrogens is 2. The molecule has 9 nitrogen and oxygen atoms in total. The number of sulfonamides is 1. The maximum absolute atomic E-state index is 13.2. The van der Waals surface area contributed by atoms with Gasteiger partial charge in [-0.2, -0.15) is 0 Å². The van der Waals surface area contributed by atoms with Crippen LogP contribution < -0.4 is 19.9 Å². The molecule has 1 amide bonds. The van der Waals surface area contributed by atoms with E-state index in [0.29, 0.717) is 22.9 Å². The molecule has 0 saturated carbocycles. The molecule has 1 atom stereocenters. The van der Waals surface area contributed by atoms with E-state index in [9.17, 15) is 18.0 Å². The molecule has 37 heavy (non-hydrogen) atoms. The Kier molecular flexibility index (Phi) is 7.21. The molecule has 0 bridgehead atoms. The van der Waals surface area contributed by atoms with Crippen LogP contribution >= 0.6 is 0 Å². The van der Waals surface area contributed by atoms with Crippen molar-refractivity contribution in [1.29, 1.82) is 0 Å². The van der Waals surface area contributed by atoms with Gasteiger partial charge in [-0.1, -0.05) is 36.4 Å². The van der Waals surface area contributed by atoms with Gasteiger partial charge in [0.2, 0.25) is 15.9 Å². The van der Waals surface area contributed by atoms with Crippen LogP contribution in [0.2, 0.25) is 0 Å². The molecule has 1 aromatic heterocycles. The van der Waals surface area contributed by atoms with Crippen molar-refractivity contribution in [2.24, 2.45) is 7.05 Å². The summed E-state index contributed by atoms with van der Waals surface area (Å²) in [7, 11) is -2.14. The average molecular weight is 521 g/mol. The second-order valence-electron chi connectivity index (χ2n) is 8.57. The number of amides is 1. The van der Waals surface area contributed by atoms with E-state index in [0.717, 1.165) is 10.6 Å². The highest BCUT2D eigenvalue weighted by atomic mass is 32.2. The first-order valence-electron chi connectivity index (χ1n) is 11.5. The van der Waals surface area contributed by atoms with Gasteiger partial charge < -0.3 is 10.1 Å². The summed E-state index contributed by atoms with van der Waals surface area (Å²) in [4.78, 5) is 26.4. The van der Waals surface area contributed by atoms with Crippen molar-refractivity contribution in [2.45, 2.75) is 19.9 Å². The van der Waals surface area contributed by atoms with E-state index < -0.39 is 27.5 Å². The predicted octanol–water partition coefficient (Wildman–Crippen LogP) is 4.07. The smallest absolute Gasteiger partial charge is 0.295 e. The molecular formula is C27H28N4O5S. The number of carbonyl (C=O) groups excluding carboxylic acids is 1. The lowest BCUT2D eigenvalue weighted by molar-refractivity contribution is -0.116. The number of para-hydroxylation sites is 2. The molecule has 4 rings (SSSR count). The zero-order valence-corrected chi connectivity index (χ0v) is 21.8. The highest BCUT2D eigenvalue weighted by Gasteiger charge is 2.30. The lowest BCUT2D eigenvalue weighted by Crippen LogP contribution is -2.45. The van der Waals surface area contributed by atoms with Crippen molar-refractivity contribution in [3.05, 3.63) is 101 Å². The highest BCUT2D eigenvalue weighted by Crippen LogP contribution is 2.27. The standard InChI is InChI=1S/C27H28N4O5S/c1-19-25(27(33)30(29(19)3)21-11-7-5-8-12-21)28-26(32)20(2)31(37(4,34)35)22-15-17-24(18-16-22)36-23-13-9-6-10-14-23/h5-18,20H,1-4H3,(H,28,32)/t20-/m0/s1. The molecule has 0 radical (unpaired) electrons. The lowest BCUT2D eigenvalue weighted by Gasteiger charge is -2.28. The first-order valence-corrected chi connectivity index (χ1v) is 13.4. The molecule has 0 aliphatic heterocycles. The number of hydrogen-bond acceptors (Lipinski definition) is 5. The van der Waals surface area contributed by atoms with Crippen molar-refractivity contribution in [3.63, 3.8) is 0 Å². The van der Waals surface area contributed by atoms with E-state index in [-0.39, 0.29) is 11.4 Å². The average Bonchev–Trinajstić information content (AvgIpc) is 3.08. The molecule has 0 aliphatic rings. The van der Waals surface area contributed by atoms with Crippen LogP contribution in [0.5, 0.6) is 11.5 Å². The van der Waals surface area contributed by atoms with Crippen LogP contribution in [0.15, 0.2) is 89.7 Å². The maximum atomic E-state index is 13.2. The third-order valence-corrected chi connectivity index (χ3v) is 7.20. The number of benzene rings is 3. The minimum atomic E-state index is -3.85. The van der Waals surface area contributed by atoms with Gasteiger partial charge in [0, 0.05) is 7.05 Å². The van der Waals surface area contributed by atoms with Gasteiger partial charge in [-0.15, -0.1) is 0 Å². The number of hydrogen-bond donors (Lipinski definition) is 1. The quantitative estimate of drug-likeness (QED) is 0.377. The van der Waals surface area contributed by atoms with Crippen LogP contribution in [0.4, 0.5) is 11.4 Å². The van der Waals surface area contributed by atoms with Crippen LogP contribution in [0.1, 0.15) is 12.6 Å². The van der Waals surface area contributed by atoms with E-state index >= 15 is 0 Å². The van der Waals surface area contributed by atoms with Crippen molar-refractivity contribution in [2.75, 3.05) is 15.9 Å². The fourth-order valence-corrected chi connectivity index (χ4v) is 5.21. The molecule has 0 aliphatic carbocycles. The Bertz CT molecular complexity index is 1560. The topological polar surface area (TPSA) is 103 Å². The van der Waals surface area contributed by atoms with Crippen molar-refractivity contribution in [3.8, 4) is 17.2 Å². The molecule has 0 unspecified atom stereocenters. The Morgan fingerprint density at radius 3 is 2.03 bits per heavy atom. The van der Waals surface area contributed by atoms with Gasteiger partial charge >= 0.3 is 0 Å². The van der Waals surface area contributed by atoms with E-state index in [1.54, 1.807) is 67.2 Å². The Labute approximate surface area is 215 Å². The van der Waals surface area contributed by atoms with Crippen LogP contribution in [0, 0.1) is 6.92 Å². The van der Waals surface area contributed by atoms with Crippen LogP contribution in [0.3, 0.4) is 0 Å². The number of rotatable bonds is 8. The summed E-state index contributed by atoms with van der Waals surface area (Å²) in [5, 5.41) is 2.65. The molecule has 1 heterocycles. The zero-order chi connectivity index (χ0) is 26.7. The number of nitrogens with one attached hydrogen (secondary N) is 1. The lowest BCUT2D eigenvalue weighted by atomic mass is 10.2. The second kappa shape index (κ2) is 10.4. The van der Waals surface area contributed by atoms with E-state index in [2.05, 4.69) is 5.32 Å². The van der Waals surface area contributed by atoms with Gasteiger partial charge in [-0.25, -0.2) is 13.1 Å². The Morgan fingerprint density at radius 1 is 0.919 bits per heavy atom. The molecule has 192 valence electrons. The van der Waals surface area contributed by atoms with E-state index in [1.165, 1.54) is 11.6 Å². The highest BCUT2D eigenvalue weighted by molar-refractivity contribution is 7.92. The molecule has 0 spiro atoms. The van der Waals surface area contributed by atoms with Crippen molar-refractivity contribution < 1.29 is 17.9 Å². The van der Waals surface area contributed by atoms with Gasteiger partial charge in [0.05, 0.1) is 23.3 Å². The third kappa shape index (κ3) is 5.44. The summed E-state index contributed by atoms with van der Waals surface area (Å²) in [6, 6.07) is 23.5. The molecule has 1 N–H and O–H groups in total. The third-order valence-electron chi connectivity index (χ3n) is 5.96. The first kappa shape index (κ1) is 25.8. The van der Waals surface area contributed by atoms with Gasteiger partial charge in [-0.05, 0) is 62.4 Å². The molecule has 3 aromatic carbocycles. The summed E-state index contributed by atoms with van der Waals surface area (Å²) in [5.41, 5.74) is 1.13. The molecular weight excluding hydrogens is 492 g/mol. The van der Waals surface area contributed by atoms with E-state index in [1.807, 2.05) is 36.4 Å². The number of nitrogens with zero attached hydrogens (tertiary/aromatic N) is 3. The van der Waals surface area contributed by atoms with Crippen molar-refractivity contribution >= 4 is 27.3 Å². The largest absolute Gasteiger partial charge is 0.457 e. The van der Waals surface area contributed by atoms with Gasteiger partial charge in [0.15, 0.2) is 0 Å². The Balaban J connectivity index is 1.60. The van der Waals surface area contributed by atoms with Gasteiger partial charge in [-0.3, -0.25) is 18.6 Å². The summed E-state index contributed by atoms with van der Waals surface area (Å²) in [6.45, 7) is 3.18. The zero-order valence-electron chi connectivity index (χ0n) is 21.0. The number of ether oxygens (including phenoxy) is 1. The Hall–Kier alpha value is -4.31. The summed E-state index contributed by atoms with van der Waals surface area (Å²) in [6.07, 6.45) is 1.03. The number of carbonyl (C=O) groups is 1. The predicted molar refractivity (Wildman–Crippen MR) is 144 cm³/mol. The minimum Gasteiger partial charge on any atom is -0.457 e. The monoisotopic (exact) mass is 520 g/mol. The van der Waals surface area contributed by atoms with Gasteiger partial charge in [0.25, 0.3) is 5.56 Å². The Morgan fingerprint density at radius 2 is 1.46 bits per heavy atom. The normalized spacial score (nSPS) is 12.1. The summed E-state index contributed by atoms with van der Waals surface area (Å²) in [5.74, 6) is 0.519. The first-order chi connectivity index (χ1) is 17.6. The maximum Gasteiger partial charge on any atom is 0.295 e. The van der Waals surface area contributed by atoms with E-state index in [4.69, 9.17) is 4.74 Å². The molecule has 4 aromatic rings. The summed E-state index contributed by atoms with van der Waals surface area (Å²) >= 11 is 0. The SMILES string of the molecule is Cc1c(NC(=O)[C@H](C)N(c2ccc(Oc3ccccc3)cc2)S(C)(=O)=O)c(=O)n(-c2ccccc2)n1C. The fraction of sp³-hybridized carbons (Fsp3) is 0.185. The van der Waals surface area contributed by atoms with Crippen LogP contribution in [-0.2, 0) is 21.9 Å². The molecule has 0 saturated heterocycles. The summed E-state index contributed by atoms with van der Waals surface area (Å²) < 4.78 is 35.3. The minimum absolute atomic E-state index is 0.0864.